The number of sulfonamides is 1. The zero-order valence-electron chi connectivity index (χ0n) is 15.4. The van der Waals surface area contributed by atoms with Crippen LogP contribution in [-0.4, -0.2) is 58.3 Å². The molecule has 7 heteroatoms. The van der Waals surface area contributed by atoms with Crippen LogP contribution in [0.25, 0.3) is 0 Å². The molecule has 0 spiro atoms. The molecule has 2 rings (SSSR count). The largest absolute Gasteiger partial charge is 0.399 e. The quantitative estimate of drug-likeness (QED) is 0.513. The molecule has 0 bridgehead atoms. The van der Waals surface area contributed by atoms with Crippen molar-refractivity contribution in [2.75, 3.05) is 55.7 Å². The van der Waals surface area contributed by atoms with Gasteiger partial charge in [0.05, 0.1) is 5.75 Å². The fourth-order valence-corrected chi connectivity index (χ4v) is 4.59. The summed E-state index contributed by atoms with van der Waals surface area (Å²) >= 11 is 0. The summed E-state index contributed by atoms with van der Waals surface area (Å²) in [5.41, 5.74) is 7.86. The minimum Gasteiger partial charge on any atom is -0.399 e. The number of nitrogens with zero attached hydrogens (tertiary/aromatic N) is 2. The summed E-state index contributed by atoms with van der Waals surface area (Å²) in [7, 11) is -3.11. The van der Waals surface area contributed by atoms with Crippen molar-refractivity contribution in [3.63, 3.8) is 0 Å². The standard InChI is InChI=1S/C18H32N4O2S/c1-16(2)15-25(23,24)20-8-3-4-9-21-10-12-22(13-11-21)18-7-5-6-17(19)14-18/h5-7,14,16,20H,3-4,8-13,15,19H2,1-2H3. The van der Waals surface area contributed by atoms with E-state index >= 15 is 0 Å². The maximum Gasteiger partial charge on any atom is 0.211 e. The van der Waals surface area contributed by atoms with E-state index in [1.54, 1.807) is 0 Å². The molecule has 1 aromatic rings. The molecule has 142 valence electrons. The molecule has 0 saturated carbocycles. The lowest BCUT2D eigenvalue weighted by Crippen LogP contribution is -2.46. The van der Waals surface area contributed by atoms with Crippen molar-refractivity contribution in [3.05, 3.63) is 24.3 Å². The first kappa shape index (κ1) is 20.0. The Morgan fingerprint density at radius 1 is 1.16 bits per heavy atom. The second-order valence-corrected chi connectivity index (χ2v) is 9.05. The van der Waals surface area contributed by atoms with E-state index in [-0.39, 0.29) is 11.7 Å². The molecule has 0 aromatic heterocycles. The van der Waals surface area contributed by atoms with E-state index in [1.165, 1.54) is 5.69 Å². The van der Waals surface area contributed by atoms with Crippen molar-refractivity contribution in [1.29, 1.82) is 0 Å². The Bertz CT molecular complexity index is 626. The highest BCUT2D eigenvalue weighted by Gasteiger charge is 2.17. The summed E-state index contributed by atoms with van der Waals surface area (Å²) in [6, 6.07) is 8.04. The second kappa shape index (κ2) is 9.40. The summed E-state index contributed by atoms with van der Waals surface area (Å²) in [4.78, 5) is 4.82. The van der Waals surface area contributed by atoms with Gasteiger partial charge in [-0.3, -0.25) is 4.90 Å². The normalized spacial score (nSPS) is 16.5. The monoisotopic (exact) mass is 368 g/mol. The van der Waals surface area contributed by atoms with Crippen LogP contribution in [0.15, 0.2) is 24.3 Å². The van der Waals surface area contributed by atoms with E-state index in [4.69, 9.17) is 5.73 Å². The second-order valence-electron chi connectivity index (χ2n) is 7.20. The van der Waals surface area contributed by atoms with Crippen LogP contribution in [0.5, 0.6) is 0 Å². The molecule has 3 N–H and O–H groups in total. The maximum absolute atomic E-state index is 11.8. The van der Waals surface area contributed by atoms with Gasteiger partial charge in [0.1, 0.15) is 0 Å². The minimum absolute atomic E-state index is 0.161. The molecule has 0 aliphatic carbocycles. The highest BCUT2D eigenvalue weighted by molar-refractivity contribution is 7.89. The Balaban J connectivity index is 1.61. The van der Waals surface area contributed by atoms with E-state index < -0.39 is 10.0 Å². The summed E-state index contributed by atoms with van der Waals surface area (Å²) in [6.07, 6.45) is 1.90. The SMILES string of the molecule is CC(C)CS(=O)(=O)NCCCCN1CCN(c2cccc(N)c2)CC1. The molecule has 1 heterocycles. The lowest BCUT2D eigenvalue weighted by molar-refractivity contribution is 0.253. The lowest BCUT2D eigenvalue weighted by Gasteiger charge is -2.36. The molecule has 1 aliphatic rings. The number of nitrogen functional groups attached to an aromatic ring is 1. The molecule has 25 heavy (non-hydrogen) atoms. The predicted octanol–water partition coefficient (Wildman–Crippen LogP) is 1.75. The van der Waals surface area contributed by atoms with Gasteiger partial charge in [0.15, 0.2) is 0 Å². The number of nitrogens with two attached hydrogens (primary N) is 1. The Kier molecular flexibility index (Phi) is 7.53. The number of benzene rings is 1. The molecule has 0 radical (unpaired) electrons. The number of hydrogen-bond donors (Lipinski definition) is 2. The van der Waals surface area contributed by atoms with Crippen molar-refractivity contribution in [1.82, 2.24) is 9.62 Å². The van der Waals surface area contributed by atoms with Gasteiger partial charge < -0.3 is 10.6 Å². The lowest BCUT2D eigenvalue weighted by atomic mass is 10.2. The zero-order chi connectivity index (χ0) is 18.3. The van der Waals surface area contributed by atoms with Crippen LogP contribution in [-0.2, 0) is 10.0 Å². The Morgan fingerprint density at radius 3 is 2.52 bits per heavy atom. The smallest absolute Gasteiger partial charge is 0.211 e. The van der Waals surface area contributed by atoms with Crippen LogP contribution >= 0.6 is 0 Å². The molecule has 0 unspecified atom stereocenters. The third-order valence-electron chi connectivity index (χ3n) is 4.38. The summed E-state index contributed by atoms with van der Waals surface area (Å²) in [5.74, 6) is 0.368. The molecule has 0 atom stereocenters. The van der Waals surface area contributed by atoms with Gasteiger partial charge in [0, 0.05) is 44.1 Å². The van der Waals surface area contributed by atoms with E-state index in [9.17, 15) is 8.42 Å². The Hall–Kier alpha value is -1.31. The molecule has 1 fully saturated rings. The van der Waals surface area contributed by atoms with Gasteiger partial charge >= 0.3 is 0 Å². The van der Waals surface area contributed by atoms with Crippen LogP contribution in [0.1, 0.15) is 26.7 Å². The molecular weight excluding hydrogens is 336 g/mol. The average Bonchev–Trinajstić information content (AvgIpc) is 2.54. The summed E-state index contributed by atoms with van der Waals surface area (Å²) in [6.45, 7) is 9.48. The average molecular weight is 369 g/mol. The number of anilines is 2. The van der Waals surface area contributed by atoms with Crippen LogP contribution in [0, 0.1) is 5.92 Å². The third-order valence-corrected chi connectivity index (χ3v) is 6.13. The fraction of sp³-hybridized carbons (Fsp3) is 0.667. The number of nitrogens with one attached hydrogen (secondary N) is 1. The van der Waals surface area contributed by atoms with Gasteiger partial charge in [-0.1, -0.05) is 19.9 Å². The van der Waals surface area contributed by atoms with Crippen LogP contribution in [0.2, 0.25) is 0 Å². The van der Waals surface area contributed by atoms with E-state index in [1.807, 2.05) is 32.0 Å². The van der Waals surface area contributed by atoms with Gasteiger partial charge in [0.25, 0.3) is 0 Å². The van der Waals surface area contributed by atoms with Crippen LogP contribution in [0.4, 0.5) is 11.4 Å². The molecule has 1 aliphatic heterocycles. The van der Waals surface area contributed by atoms with E-state index in [0.29, 0.717) is 6.54 Å². The van der Waals surface area contributed by atoms with Gasteiger partial charge in [-0.15, -0.1) is 0 Å². The summed E-state index contributed by atoms with van der Waals surface area (Å²) < 4.78 is 26.2. The number of unbranched alkanes of at least 4 members (excludes halogenated alkanes) is 1. The van der Waals surface area contributed by atoms with Crippen molar-refractivity contribution in [3.8, 4) is 0 Å². The minimum atomic E-state index is -3.11. The number of rotatable bonds is 9. The van der Waals surface area contributed by atoms with E-state index in [0.717, 1.165) is 51.3 Å². The Labute approximate surface area is 152 Å². The topological polar surface area (TPSA) is 78.7 Å². The van der Waals surface area contributed by atoms with Crippen molar-refractivity contribution < 1.29 is 8.42 Å². The van der Waals surface area contributed by atoms with Gasteiger partial charge in [-0.05, 0) is 43.5 Å². The zero-order valence-corrected chi connectivity index (χ0v) is 16.3. The molecular formula is C18H32N4O2S. The molecule has 6 nitrogen and oxygen atoms in total. The van der Waals surface area contributed by atoms with Gasteiger partial charge in [-0.2, -0.15) is 0 Å². The van der Waals surface area contributed by atoms with Gasteiger partial charge in [0.2, 0.25) is 10.0 Å². The number of piperazine rings is 1. The van der Waals surface area contributed by atoms with Crippen molar-refractivity contribution >= 4 is 21.4 Å². The van der Waals surface area contributed by atoms with Crippen molar-refractivity contribution in [2.45, 2.75) is 26.7 Å². The first-order chi connectivity index (χ1) is 11.9. The highest BCUT2D eigenvalue weighted by Crippen LogP contribution is 2.19. The van der Waals surface area contributed by atoms with Crippen molar-refractivity contribution in [2.24, 2.45) is 5.92 Å². The number of hydrogen-bond acceptors (Lipinski definition) is 5. The predicted molar refractivity (Wildman–Crippen MR) is 105 cm³/mol. The first-order valence-electron chi connectivity index (χ1n) is 9.16. The maximum atomic E-state index is 11.8. The molecule has 0 amide bonds. The summed E-state index contributed by atoms with van der Waals surface area (Å²) in [5, 5.41) is 0. The van der Waals surface area contributed by atoms with Gasteiger partial charge in [-0.25, -0.2) is 13.1 Å². The molecule has 1 saturated heterocycles. The third kappa shape index (κ3) is 7.22. The first-order valence-corrected chi connectivity index (χ1v) is 10.8. The Morgan fingerprint density at radius 2 is 1.88 bits per heavy atom. The van der Waals surface area contributed by atoms with Crippen LogP contribution < -0.4 is 15.4 Å². The highest BCUT2D eigenvalue weighted by atomic mass is 32.2. The van der Waals surface area contributed by atoms with Crippen LogP contribution in [0.3, 0.4) is 0 Å². The van der Waals surface area contributed by atoms with E-state index in [2.05, 4.69) is 20.6 Å². The fourth-order valence-electron chi connectivity index (χ4n) is 3.14. The molecule has 1 aromatic carbocycles.